The minimum absolute atomic E-state index is 0.0664. The van der Waals surface area contributed by atoms with Gasteiger partial charge in [-0.1, -0.05) is 12.1 Å². The van der Waals surface area contributed by atoms with Crippen LogP contribution in [0.1, 0.15) is 27.2 Å². The van der Waals surface area contributed by atoms with E-state index in [0.717, 1.165) is 6.42 Å². The molecule has 0 aromatic rings. The summed E-state index contributed by atoms with van der Waals surface area (Å²) in [5.41, 5.74) is 4.42. The van der Waals surface area contributed by atoms with Gasteiger partial charge >= 0.3 is 0 Å². The Hall–Kier alpha value is -1.30. The maximum Gasteiger partial charge on any atom is 0.233 e. The normalized spacial score (nSPS) is 14.6. The number of hydrogen-bond donors (Lipinski definition) is 3. The minimum atomic E-state index is -1.03. The van der Waals surface area contributed by atoms with Gasteiger partial charge in [-0.3, -0.25) is 4.79 Å². The van der Waals surface area contributed by atoms with Crippen LogP contribution in [-0.2, 0) is 9.53 Å². The number of nitrogens with zero attached hydrogens (tertiary/aromatic N) is 1. The van der Waals surface area contributed by atoms with Crippen molar-refractivity contribution >= 4 is 11.7 Å². The molecule has 0 spiro atoms. The first-order valence-corrected chi connectivity index (χ1v) is 5.18. The van der Waals surface area contributed by atoms with Gasteiger partial charge in [-0.15, -0.1) is 0 Å². The Kier molecular flexibility index (Phi) is 5.81. The van der Waals surface area contributed by atoms with Crippen LogP contribution in [0.4, 0.5) is 0 Å². The van der Waals surface area contributed by atoms with Crippen LogP contribution in [-0.4, -0.2) is 36.7 Å². The monoisotopic (exact) mass is 231 g/mol. The molecule has 0 saturated heterocycles. The molecule has 0 aromatic carbocycles. The second-order valence-electron chi connectivity index (χ2n) is 4.14. The van der Waals surface area contributed by atoms with Gasteiger partial charge in [0.15, 0.2) is 5.84 Å². The summed E-state index contributed by atoms with van der Waals surface area (Å²) in [4.78, 5) is 11.9. The Bertz CT molecular complexity index is 264. The molecule has 16 heavy (non-hydrogen) atoms. The quantitative estimate of drug-likeness (QED) is 0.265. The van der Waals surface area contributed by atoms with E-state index < -0.39 is 5.41 Å². The molecule has 0 rings (SSSR count). The van der Waals surface area contributed by atoms with Gasteiger partial charge in [0.25, 0.3) is 0 Å². The number of rotatable bonds is 6. The summed E-state index contributed by atoms with van der Waals surface area (Å²) in [5.74, 6) is -0.399. The fourth-order valence-electron chi connectivity index (χ4n) is 1.07. The van der Waals surface area contributed by atoms with Crippen molar-refractivity contribution in [3.8, 4) is 0 Å². The van der Waals surface area contributed by atoms with Crippen LogP contribution in [0.25, 0.3) is 0 Å². The van der Waals surface area contributed by atoms with Gasteiger partial charge in [0.05, 0.1) is 12.6 Å². The third-order valence-corrected chi connectivity index (χ3v) is 2.51. The average Bonchev–Trinajstić information content (AvgIpc) is 2.26. The number of amides is 1. The van der Waals surface area contributed by atoms with E-state index in [1.807, 2.05) is 6.92 Å². The lowest BCUT2D eigenvalue weighted by atomic mass is 9.90. The van der Waals surface area contributed by atoms with Gasteiger partial charge in [-0.25, -0.2) is 0 Å². The van der Waals surface area contributed by atoms with Crippen LogP contribution in [0.3, 0.4) is 0 Å². The Balaban J connectivity index is 4.55. The number of nitrogens with two attached hydrogens (primary N) is 1. The van der Waals surface area contributed by atoms with Crippen molar-refractivity contribution in [2.45, 2.75) is 33.2 Å². The van der Waals surface area contributed by atoms with Crippen molar-refractivity contribution in [3.63, 3.8) is 0 Å². The minimum Gasteiger partial charge on any atom is -0.409 e. The molecule has 6 heteroatoms. The summed E-state index contributed by atoms with van der Waals surface area (Å²) in [6.45, 7) is 5.57. The molecule has 0 aromatic heterocycles. The third kappa shape index (κ3) is 3.69. The average molecular weight is 231 g/mol. The van der Waals surface area contributed by atoms with E-state index in [1.165, 1.54) is 0 Å². The predicted molar refractivity (Wildman–Crippen MR) is 61.3 cm³/mol. The molecule has 0 aliphatic heterocycles. The molecule has 6 nitrogen and oxygen atoms in total. The van der Waals surface area contributed by atoms with E-state index in [0.29, 0.717) is 6.61 Å². The number of carbonyl (C=O) groups is 1. The second kappa shape index (κ2) is 6.32. The molecule has 0 aliphatic rings. The van der Waals surface area contributed by atoms with E-state index in [2.05, 4.69) is 10.5 Å². The zero-order chi connectivity index (χ0) is 12.8. The van der Waals surface area contributed by atoms with Crippen molar-refractivity contribution < 1.29 is 14.7 Å². The van der Waals surface area contributed by atoms with E-state index in [4.69, 9.17) is 15.7 Å². The van der Waals surface area contributed by atoms with Crippen LogP contribution in [0.5, 0.6) is 0 Å². The number of ether oxygens (including phenoxy) is 1. The Labute approximate surface area is 95.8 Å². The van der Waals surface area contributed by atoms with Gasteiger partial charge in [0.2, 0.25) is 5.91 Å². The molecule has 1 amide bonds. The van der Waals surface area contributed by atoms with Crippen LogP contribution in [0, 0.1) is 5.41 Å². The number of oxime groups is 1. The first-order chi connectivity index (χ1) is 7.39. The maximum atomic E-state index is 11.9. The number of amidine groups is 1. The summed E-state index contributed by atoms with van der Waals surface area (Å²) < 4.78 is 4.97. The zero-order valence-corrected chi connectivity index (χ0v) is 10.3. The highest BCUT2D eigenvalue weighted by atomic mass is 16.5. The predicted octanol–water partition coefficient (Wildman–Crippen LogP) is 0.300. The first kappa shape index (κ1) is 14.7. The molecule has 0 bridgehead atoms. The molecule has 0 fully saturated rings. The Morgan fingerprint density at radius 2 is 2.19 bits per heavy atom. The molecule has 0 saturated carbocycles. The largest absolute Gasteiger partial charge is 0.409 e. The van der Waals surface area contributed by atoms with Gasteiger partial charge in [0.1, 0.15) is 5.41 Å². The molecule has 94 valence electrons. The lowest BCUT2D eigenvalue weighted by Gasteiger charge is -2.25. The summed E-state index contributed by atoms with van der Waals surface area (Å²) in [7, 11) is 1.57. The molecule has 0 radical (unpaired) electrons. The van der Waals surface area contributed by atoms with Crippen molar-refractivity contribution in [2.75, 3.05) is 13.7 Å². The van der Waals surface area contributed by atoms with Crippen LogP contribution >= 0.6 is 0 Å². The van der Waals surface area contributed by atoms with Crippen LogP contribution in [0.15, 0.2) is 5.16 Å². The van der Waals surface area contributed by atoms with Crippen molar-refractivity contribution in [1.29, 1.82) is 0 Å². The molecule has 0 aliphatic carbocycles. The number of carbonyl (C=O) groups excluding carboxylic acids is 1. The Morgan fingerprint density at radius 1 is 1.62 bits per heavy atom. The highest BCUT2D eigenvalue weighted by Gasteiger charge is 2.33. The summed E-state index contributed by atoms with van der Waals surface area (Å²) in [6.07, 6.45) is 0.756. The van der Waals surface area contributed by atoms with Crippen LogP contribution in [0.2, 0.25) is 0 Å². The van der Waals surface area contributed by atoms with Crippen molar-refractivity contribution in [3.05, 3.63) is 0 Å². The lowest BCUT2D eigenvalue weighted by Crippen LogP contribution is -2.50. The van der Waals surface area contributed by atoms with Gasteiger partial charge < -0.3 is 21.0 Å². The summed E-state index contributed by atoms with van der Waals surface area (Å²) in [5, 5.41) is 14.2. The first-order valence-electron chi connectivity index (χ1n) is 5.18. The van der Waals surface area contributed by atoms with E-state index in [9.17, 15) is 4.79 Å². The van der Waals surface area contributed by atoms with E-state index >= 15 is 0 Å². The van der Waals surface area contributed by atoms with Crippen molar-refractivity contribution in [2.24, 2.45) is 16.3 Å². The fourth-order valence-corrected chi connectivity index (χ4v) is 1.07. The molecular weight excluding hydrogens is 210 g/mol. The Morgan fingerprint density at radius 3 is 2.56 bits per heavy atom. The standard InChI is InChI=1S/C10H21N3O3/c1-5-7(6-16-4)12-9(14)10(2,3)8(11)13-15/h7,15H,5-6H2,1-4H3,(H2,11,13)(H,12,14). The molecule has 1 unspecified atom stereocenters. The summed E-state index contributed by atoms with van der Waals surface area (Å²) in [6, 6.07) is -0.0664. The zero-order valence-electron chi connectivity index (χ0n) is 10.3. The van der Waals surface area contributed by atoms with Crippen LogP contribution < -0.4 is 11.1 Å². The fraction of sp³-hybridized carbons (Fsp3) is 0.800. The highest BCUT2D eigenvalue weighted by Crippen LogP contribution is 2.15. The van der Waals surface area contributed by atoms with Gasteiger partial charge in [-0.05, 0) is 20.3 Å². The molecule has 4 N–H and O–H groups in total. The smallest absolute Gasteiger partial charge is 0.233 e. The topological polar surface area (TPSA) is 96.9 Å². The van der Waals surface area contributed by atoms with Gasteiger partial charge in [0, 0.05) is 7.11 Å². The highest BCUT2D eigenvalue weighted by molar-refractivity contribution is 6.05. The van der Waals surface area contributed by atoms with E-state index in [-0.39, 0.29) is 17.8 Å². The lowest BCUT2D eigenvalue weighted by molar-refractivity contribution is -0.127. The van der Waals surface area contributed by atoms with E-state index in [1.54, 1.807) is 21.0 Å². The number of hydrogen-bond acceptors (Lipinski definition) is 4. The molecule has 0 heterocycles. The molecular formula is C10H21N3O3. The molecule has 1 atom stereocenters. The SMILES string of the molecule is CCC(COC)NC(=O)C(C)(C)C(N)=NO. The van der Waals surface area contributed by atoms with Crippen molar-refractivity contribution in [1.82, 2.24) is 5.32 Å². The number of nitrogens with one attached hydrogen (secondary N) is 1. The number of methoxy groups -OCH3 is 1. The van der Waals surface area contributed by atoms with Gasteiger partial charge in [-0.2, -0.15) is 0 Å². The summed E-state index contributed by atoms with van der Waals surface area (Å²) >= 11 is 0. The third-order valence-electron chi connectivity index (χ3n) is 2.51. The second-order valence-corrected chi connectivity index (χ2v) is 4.14. The maximum absolute atomic E-state index is 11.9.